The number of anilines is 1. The standard InChI is InChI=1S/C31H43N4O6PS/c1-7-31(5,6)20-35-27(30(2,3)4)26(36)25(29(35)37)28-33-23-14-13-22(19-43(32,39)40)17-24(23)42(38,34-28)16-15-41-18-21-11-9-8-10-12-21/h8-14,17,25,27H,7,15-16,18-20H2,1-6H3,(H2,32,39,40)(H,33,34,38)/t25?,27-,42?/m1/s1. The van der Waals surface area contributed by atoms with Gasteiger partial charge < -0.3 is 15.0 Å². The number of Topliss-reactive ketones (excluding diaryl/α,β-unsaturated/α-hetero) is 1. The van der Waals surface area contributed by atoms with Crippen LogP contribution in [0.3, 0.4) is 0 Å². The van der Waals surface area contributed by atoms with Crippen molar-refractivity contribution in [3.05, 3.63) is 59.7 Å². The molecule has 2 aliphatic heterocycles. The van der Waals surface area contributed by atoms with Crippen molar-refractivity contribution in [1.82, 2.24) is 4.90 Å². The second kappa shape index (κ2) is 12.3. The van der Waals surface area contributed by atoms with Crippen molar-refractivity contribution >= 4 is 45.8 Å². The van der Waals surface area contributed by atoms with Crippen molar-refractivity contribution in [3.8, 4) is 0 Å². The Balaban J connectivity index is 1.72. The first-order valence-corrected chi connectivity index (χ1v) is 18.1. The summed E-state index contributed by atoms with van der Waals surface area (Å²) in [4.78, 5) is 29.7. The maximum absolute atomic E-state index is 14.7. The number of rotatable bonds is 11. The van der Waals surface area contributed by atoms with Gasteiger partial charge in [-0.05, 0) is 40.5 Å². The van der Waals surface area contributed by atoms with Gasteiger partial charge in [-0.3, -0.25) is 14.2 Å². The molecule has 234 valence electrons. The number of primary sulfonamides is 1. The summed E-state index contributed by atoms with van der Waals surface area (Å²) in [5.41, 5.74) is 0.983. The molecule has 0 aromatic heterocycles. The third-order valence-electron chi connectivity index (χ3n) is 8.03. The maximum atomic E-state index is 14.7. The predicted octanol–water partition coefficient (Wildman–Crippen LogP) is 4.30. The summed E-state index contributed by atoms with van der Waals surface area (Å²) in [6.07, 6.45) is 0.819. The van der Waals surface area contributed by atoms with E-state index in [1.54, 1.807) is 17.0 Å². The Labute approximate surface area is 254 Å². The number of nitrogens with two attached hydrogens (primary N) is 1. The Morgan fingerprint density at radius 1 is 1.05 bits per heavy atom. The Hall–Kier alpha value is -2.85. The van der Waals surface area contributed by atoms with Crippen LogP contribution in [0.2, 0.25) is 0 Å². The number of hydrogen-bond acceptors (Lipinski definition) is 7. The monoisotopic (exact) mass is 630 g/mol. The molecule has 3 atom stereocenters. The third-order valence-corrected chi connectivity index (χ3v) is 11.2. The number of benzene rings is 2. The molecule has 4 rings (SSSR count). The third kappa shape index (κ3) is 7.63. The zero-order valence-corrected chi connectivity index (χ0v) is 27.5. The van der Waals surface area contributed by atoms with E-state index in [1.165, 1.54) is 6.07 Å². The van der Waals surface area contributed by atoms with Gasteiger partial charge in [0.1, 0.15) is 5.84 Å². The first kappa shape index (κ1) is 33.1. The number of carbonyl (C=O) groups is 2. The van der Waals surface area contributed by atoms with E-state index in [1.807, 2.05) is 51.1 Å². The molecule has 2 aromatic rings. The van der Waals surface area contributed by atoms with Crippen LogP contribution in [-0.2, 0) is 41.3 Å². The number of nitrogens with zero attached hydrogens (tertiary/aromatic N) is 2. The summed E-state index contributed by atoms with van der Waals surface area (Å²) < 4.78 is 48.7. The minimum absolute atomic E-state index is 0.00121. The normalized spacial score (nSPS) is 22.8. The molecule has 3 N–H and O–H groups in total. The molecular weight excluding hydrogens is 587 g/mol. The molecule has 1 amide bonds. The average Bonchev–Trinajstić information content (AvgIpc) is 3.15. The van der Waals surface area contributed by atoms with Crippen LogP contribution in [0.1, 0.15) is 59.1 Å². The van der Waals surface area contributed by atoms with Crippen molar-refractivity contribution in [2.75, 3.05) is 24.6 Å². The summed E-state index contributed by atoms with van der Waals surface area (Å²) in [7, 11) is -7.50. The number of hydrogen-bond donors (Lipinski definition) is 2. The molecule has 1 saturated heterocycles. The average molecular weight is 631 g/mol. The van der Waals surface area contributed by atoms with Crippen molar-refractivity contribution in [1.29, 1.82) is 0 Å². The lowest BCUT2D eigenvalue weighted by atomic mass is 9.81. The highest BCUT2D eigenvalue weighted by Crippen LogP contribution is 2.52. The molecule has 2 unspecified atom stereocenters. The number of likely N-dealkylation sites (tertiary alicyclic amines) is 1. The molecule has 0 radical (unpaired) electrons. The lowest BCUT2D eigenvalue weighted by molar-refractivity contribution is -0.133. The van der Waals surface area contributed by atoms with Gasteiger partial charge in [0.15, 0.2) is 11.7 Å². The van der Waals surface area contributed by atoms with Gasteiger partial charge in [0.25, 0.3) is 0 Å². The summed E-state index contributed by atoms with van der Waals surface area (Å²) in [6, 6.07) is 13.6. The molecule has 12 heteroatoms. The Bertz CT molecular complexity index is 1570. The number of ether oxygens (including phenoxy) is 1. The highest BCUT2D eigenvalue weighted by Gasteiger charge is 2.55. The lowest BCUT2D eigenvalue weighted by Gasteiger charge is -2.38. The molecule has 0 spiro atoms. The van der Waals surface area contributed by atoms with Crippen LogP contribution < -0.4 is 15.8 Å². The maximum Gasteiger partial charge on any atom is 0.241 e. The van der Waals surface area contributed by atoms with Gasteiger partial charge >= 0.3 is 0 Å². The van der Waals surface area contributed by atoms with Crippen LogP contribution in [0.15, 0.2) is 53.3 Å². The zero-order chi connectivity index (χ0) is 31.8. The van der Waals surface area contributed by atoms with Gasteiger partial charge in [0, 0.05) is 12.7 Å². The molecule has 2 aromatic carbocycles. The molecule has 10 nitrogen and oxygen atoms in total. The highest BCUT2D eigenvalue weighted by atomic mass is 32.2. The minimum Gasteiger partial charge on any atom is -0.376 e. The van der Waals surface area contributed by atoms with Crippen molar-refractivity contribution in [2.24, 2.45) is 26.6 Å². The molecule has 0 bridgehead atoms. The van der Waals surface area contributed by atoms with E-state index in [4.69, 9.17) is 9.88 Å². The number of carbonyl (C=O) groups excluding carboxylic acids is 2. The number of nitrogens with one attached hydrogen (secondary N) is 1. The van der Waals surface area contributed by atoms with Crippen LogP contribution in [0.25, 0.3) is 0 Å². The van der Waals surface area contributed by atoms with E-state index in [2.05, 4.69) is 30.9 Å². The van der Waals surface area contributed by atoms with E-state index in [0.717, 1.165) is 12.0 Å². The van der Waals surface area contributed by atoms with Crippen LogP contribution in [0, 0.1) is 16.7 Å². The van der Waals surface area contributed by atoms with Gasteiger partial charge in [-0.2, -0.15) is 0 Å². The fourth-order valence-electron chi connectivity index (χ4n) is 5.55. The Morgan fingerprint density at radius 2 is 1.72 bits per heavy atom. The lowest BCUT2D eigenvalue weighted by Crippen LogP contribution is -2.48. The van der Waals surface area contributed by atoms with E-state index >= 15 is 0 Å². The smallest absolute Gasteiger partial charge is 0.241 e. The second-order valence-corrected chi connectivity index (χ2v) is 17.5. The molecule has 2 heterocycles. The van der Waals surface area contributed by atoms with Crippen molar-refractivity contribution in [3.63, 3.8) is 0 Å². The summed E-state index contributed by atoms with van der Waals surface area (Å²) in [5.74, 6) is -2.25. The van der Waals surface area contributed by atoms with Gasteiger partial charge in [-0.25, -0.2) is 18.3 Å². The molecular formula is C31H43N4O6PS. The highest BCUT2D eigenvalue weighted by molar-refractivity contribution is 7.88. The molecule has 2 aliphatic rings. The van der Waals surface area contributed by atoms with E-state index < -0.39 is 40.4 Å². The topological polar surface area (TPSA) is 148 Å². The van der Waals surface area contributed by atoms with Gasteiger partial charge in [-0.15, -0.1) is 0 Å². The zero-order valence-electron chi connectivity index (χ0n) is 25.8. The van der Waals surface area contributed by atoms with Crippen LogP contribution >= 0.6 is 7.29 Å². The first-order chi connectivity index (χ1) is 19.9. The summed E-state index contributed by atoms with van der Waals surface area (Å²) in [6.45, 7) is 12.8. The summed E-state index contributed by atoms with van der Waals surface area (Å²) >= 11 is 0. The minimum atomic E-state index is -3.84. The fourth-order valence-corrected chi connectivity index (χ4v) is 8.41. The van der Waals surface area contributed by atoms with Gasteiger partial charge in [0.2, 0.25) is 23.2 Å². The number of sulfonamides is 1. The Kier molecular flexibility index (Phi) is 9.43. The Morgan fingerprint density at radius 3 is 2.33 bits per heavy atom. The van der Waals surface area contributed by atoms with Crippen LogP contribution in [0.4, 0.5) is 5.69 Å². The predicted molar refractivity (Wildman–Crippen MR) is 170 cm³/mol. The number of ketones is 1. The molecule has 43 heavy (non-hydrogen) atoms. The molecule has 1 fully saturated rings. The van der Waals surface area contributed by atoms with E-state index in [-0.39, 0.29) is 35.7 Å². The van der Waals surface area contributed by atoms with Gasteiger partial charge in [0.05, 0.1) is 36.0 Å². The SMILES string of the molecule is CCC(C)(C)CN1C(=O)C(C2=NP(=O)(CCOCc3ccccc3)c3cc(CS(N)(=O)=O)ccc3N2)C(=O)[C@@H]1C(C)(C)C. The van der Waals surface area contributed by atoms with Crippen molar-refractivity contribution < 1.29 is 27.3 Å². The second-order valence-electron chi connectivity index (χ2n) is 13.3. The number of fused-ring (bicyclic) bond motifs is 1. The summed E-state index contributed by atoms with van der Waals surface area (Å²) in [5, 5.41) is 8.71. The fraction of sp³-hybridized carbons (Fsp3) is 0.516. The largest absolute Gasteiger partial charge is 0.376 e. The van der Waals surface area contributed by atoms with Gasteiger partial charge in [-0.1, -0.05) is 77.9 Å². The first-order valence-electron chi connectivity index (χ1n) is 14.5. The van der Waals surface area contributed by atoms with Crippen molar-refractivity contribution in [2.45, 2.75) is 66.4 Å². The van der Waals surface area contributed by atoms with E-state index in [0.29, 0.717) is 29.7 Å². The van der Waals surface area contributed by atoms with Crippen LogP contribution in [0.5, 0.6) is 0 Å². The number of amidine groups is 1. The number of amides is 1. The van der Waals surface area contributed by atoms with Crippen LogP contribution in [-0.4, -0.2) is 56.2 Å². The molecule has 0 aliphatic carbocycles. The quantitative estimate of drug-likeness (QED) is 0.214. The van der Waals surface area contributed by atoms with E-state index in [9.17, 15) is 22.6 Å². The molecule has 0 saturated carbocycles.